The van der Waals surface area contributed by atoms with Crippen molar-refractivity contribution in [2.75, 3.05) is 0 Å². The summed E-state index contributed by atoms with van der Waals surface area (Å²) in [7, 11) is 0. The highest BCUT2D eigenvalue weighted by Crippen LogP contribution is 2.26. The van der Waals surface area contributed by atoms with Crippen LogP contribution in [-0.4, -0.2) is 21.3 Å². The molecule has 0 unspecified atom stereocenters. The summed E-state index contributed by atoms with van der Waals surface area (Å²) < 4.78 is 5.18. The second-order valence-corrected chi connectivity index (χ2v) is 7.68. The van der Waals surface area contributed by atoms with Crippen molar-refractivity contribution in [3.8, 4) is 11.4 Å². The first-order valence-corrected chi connectivity index (χ1v) is 9.44. The molecule has 1 amide bonds. The smallest absolute Gasteiger partial charge is 0.246 e. The summed E-state index contributed by atoms with van der Waals surface area (Å²) in [4.78, 5) is 17.5. The molecule has 26 heavy (non-hydrogen) atoms. The Labute approximate surface area is 165 Å². The molecule has 1 atom stereocenters. The monoisotopic (exact) mass is 407 g/mol. The Morgan fingerprint density at radius 2 is 1.92 bits per heavy atom. The van der Waals surface area contributed by atoms with Gasteiger partial charge in [-0.25, -0.2) is 0 Å². The van der Waals surface area contributed by atoms with Crippen molar-refractivity contribution >= 4 is 40.9 Å². The average molecular weight is 408 g/mol. The van der Waals surface area contributed by atoms with Crippen LogP contribution in [-0.2, 0) is 11.3 Å². The third-order valence-corrected chi connectivity index (χ3v) is 5.19. The molecular weight excluding hydrogens is 393 g/mol. The number of hydrogen-bond acceptors (Lipinski definition) is 5. The zero-order chi connectivity index (χ0) is 18.5. The van der Waals surface area contributed by atoms with E-state index in [1.165, 1.54) is 11.8 Å². The predicted octanol–water partition coefficient (Wildman–Crippen LogP) is 4.84. The van der Waals surface area contributed by atoms with Crippen LogP contribution in [0.5, 0.6) is 0 Å². The van der Waals surface area contributed by atoms with E-state index in [2.05, 4.69) is 15.5 Å². The van der Waals surface area contributed by atoms with E-state index in [4.69, 9.17) is 27.7 Å². The highest BCUT2D eigenvalue weighted by Gasteiger charge is 2.16. The SMILES string of the molecule is C[C@H](Sc1ccc(Cl)cc1)C(=O)NCc1nc(-c2ccccc2Cl)no1. The average Bonchev–Trinajstić information content (AvgIpc) is 3.10. The zero-order valence-corrected chi connectivity index (χ0v) is 16.1. The van der Waals surface area contributed by atoms with E-state index in [1.807, 2.05) is 31.2 Å². The maximum Gasteiger partial charge on any atom is 0.246 e. The number of amides is 1. The quantitative estimate of drug-likeness (QED) is 0.591. The lowest BCUT2D eigenvalue weighted by Gasteiger charge is -2.10. The van der Waals surface area contributed by atoms with E-state index >= 15 is 0 Å². The first-order valence-electron chi connectivity index (χ1n) is 7.80. The lowest BCUT2D eigenvalue weighted by molar-refractivity contribution is -0.120. The second kappa shape index (κ2) is 8.58. The number of aromatic nitrogens is 2. The van der Waals surface area contributed by atoms with Crippen molar-refractivity contribution in [1.29, 1.82) is 0 Å². The number of carbonyl (C=O) groups is 1. The number of nitrogens with zero attached hydrogens (tertiary/aromatic N) is 2. The number of benzene rings is 2. The van der Waals surface area contributed by atoms with E-state index < -0.39 is 0 Å². The van der Waals surface area contributed by atoms with Gasteiger partial charge in [-0.2, -0.15) is 4.98 Å². The maximum absolute atomic E-state index is 12.2. The van der Waals surface area contributed by atoms with Gasteiger partial charge in [0, 0.05) is 15.5 Å². The highest BCUT2D eigenvalue weighted by atomic mass is 35.5. The molecule has 0 bridgehead atoms. The van der Waals surface area contributed by atoms with Crippen LogP contribution in [0.25, 0.3) is 11.4 Å². The van der Waals surface area contributed by atoms with Gasteiger partial charge in [0.2, 0.25) is 17.6 Å². The van der Waals surface area contributed by atoms with Crippen LogP contribution in [0.1, 0.15) is 12.8 Å². The van der Waals surface area contributed by atoms with Crippen LogP contribution < -0.4 is 5.32 Å². The standard InChI is InChI=1S/C18H15Cl2N3O2S/c1-11(26-13-8-6-12(19)7-9-13)18(24)21-10-16-22-17(23-25-16)14-4-2-3-5-15(14)20/h2-9,11H,10H2,1H3,(H,21,24)/t11-/m0/s1. The van der Waals surface area contributed by atoms with Gasteiger partial charge in [0.15, 0.2) is 0 Å². The molecule has 0 radical (unpaired) electrons. The molecule has 134 valence electrons. The lowest BCUT2D eigenvalue weighted by Crippen LogP contribution is -2.30. The highest BCUT2D eigenvalue weighted by molar-refractivity contribution is 8.00. The van der Waals surface area contributed by atoms with Gasteiger partial charge in [-0.05, 0) is 43.3 Å². The summed E-state index contributed by atoms with van der Waals surface area (Å²) in [5.74, 6) is 0.586. The van der Waals surface area contributed by atoms with Crippen LogP contribution in [0, 0.1) is 0 Å². The third-order valence-electron chi connectivity index (χ3n) is 3.49. The fourth-order valence-corrected chi connectivity index (χ4v) is 3.39. The molecule has 2 aromatic carbocycles. The van der Waals surface area contributed by atoms with E-state index in [1.54, 1.807) is 24.3 Å². The molecule has 0 saturated carbocycles. The largest absolute Gasteiger partial charge is 0.346 e. The fourth-order valence-electron chi connectivity index (χ4n) is 2.16. The van der Waals surface area contributed by atoms with Crippen LogP contribution >= 0.6 is 35.0 Å². The molecule has 1 N–H and O–H groups in total. The van der Waals surface area contributed by atoms with Gasteiger partial charge in [-0.3, -0.25) is 4.79 Å². The van der Waals surface area contributed by atoms with Gasteiger partial charge in [0.1, 0.15) is 0 Å². The van der Waals surface area contributed by atoms with Crippen LogP contribution in [0.2, 0.25) is 10.0 Å². The number of nitrogens with one attached hydrogen (secondary N) is 1. The molecule has 0 fully saturated rings. The summed E-state index contributed by atoms with van der Waals surface area (Å²) in [5, 5.41) is 7.63. The molecule has 1 heterocycles. The number of halogens is 2. The van der Waals surface area contributed by atoms with Crippen molar-refractivity contribution in [3.63, 3.8) is 0 Å². The number of carbonyl (C=O) groups excluding carboxylic acids is 1. The summed E-state index contributed by atoms with van der Waals surface area (Å²) in [5.41, 5.74) is 0.683. The maximum atomic E-state index is 12.2. The van der Waals surface area contributed by atoms with Crippen molar-refractivity contribution < 1.29 is 9.32 Å². The minimum atomic E-state index is -0.276. The molecule has 8 heteroatoms. The second-order valence-electron chi connectivity index (χ2n) is 5.42. The number of thioether (sulfide) groups is 1. The Morgan fingerprint density at radius 3 is 2.65 bits per heavy atom. The van der Waals surface area contributed by atoms with Gasteiger partial charge in [0.25, 0.3) is 0 Å². The molecule has 0 spiro atoms. The molecule has 3 aromatic rings. The summed E-state index contributed by atoms with van der Waals surface area (Å²) in [6.45, 7) is 1.99. The van der Waals surface area contributed by atoms with Gasteiger partial charge >= 0.3 is 0 Å². The predicted molar refractivity (Wildman–Crippen MR) is 103 cm³/mol. The summed E-state index contributed by atoms with van der Waals surface area (Å²) >= 11 is 13.4. The Balaban J connectivity index is 1.56. The summed E-state index contributed by atoms with van der Waals surface area (Å²) in [6.07, 6.45) is 0. The van der Waals surface area contributed by atoms with Gasteiger partial charge < -0.3 is 9.84 Å². The Kier molecular flexibility index (Phi) is 6.19. The van der Waals surface area contributed by atoms with Crippen molar-refractivity contribution in [3.05, 3.63) is 64.5 Å². The first-order chi connectivity index (χ1) is 12.5. The molecular formula is C18H15Cl2N3O2S. The fraction of sp³-hybridized carbons (Fsp3) is 0.167. The van der Waals surface area contributed by atoms with Gasteiger partial charge in [-0.1, -0.05) is 40.5 Å². The number of hydrogen-bond donors (Lipinski definition) is 1. The third kappa shape index (κ3) is 4.78. The zero-order valence-electron chi connectivity index (χ0n) is 13.8. The number of rotatable bonds is 6. The molecule has 1 aromatic heterocycles. The molecule has 0 saturated heterocycles. The first kappa shape index (κ1) is 18.8. The van der Waals surface area contributed by atoms with E-state index in [0.717, 1.165) is 4.90 Å². The van der Waals surface area contributed by atoms with E-state index in [-0.39, 0.29) is 17.7 Å². The minimum Gasteiger partial charge on any atom is -0.346 e. The van der Waals surface area contributed by atoms with E-state index in [9.17, 15) is 4.79 Å². The molecule has 3 rings (SSSR count). The molecule has 0 aliphatic carbocycles. The molecule has 5 nitrogen and oxygen atoms in total. The minimum absolute atomic E-state index is 0.123. The lowest BCUT2D eigenvalue weighted by atomic mass is 10.2. The van der Waals surface area contributed by atoms with Crippen LogP contribution in [0.4, 0.5) is 0 Å². The molecule has 0 aliphatic heterocycles. The Morgan fingerprint density at radius 1 is 1.19 bits per heavy atom. The Hall–Kier alpha value is -2.02. The summed E-state index contributed by atoms with van der Waals surface area (Å²) in [6, 6.07) is 14.6. The normalized spacial score (nSPS) is 12.0. The van der Waals surface area contributed by atoms with Crippen LogP contribution in [0.3, 0.4) is 0 Å². The van der Waals surface area contributed by atoms with Crippen molar-refractivity contribution in [1.82, 2.24) is 15.5 Å². The van der Waals surface area contributed by atoms with Gasteiger partial charge in [-0.15, -0.1) is 11.8 Å². The Bertz CT molecular complexity index is 899. The molecule has 0 aliphatic rings. The van der Waals surface area contributed by atoms with Gasteiger partial charge in [0.05, 0.1) is 16.8 Å². The van der Waals surface area contributed by atoms with Crippen molar-refractivity contribution in [2.24, 2.45) is 0 Å². The van der Waals surface area contributed by atoms with Crippen LogP contribution in [0.15, 0.2) is 57.9 Å². The topological polar surface area (TPSA) is 68.0 Å². The van der Waals surface area contributed by atoms with Crippen molar-refractivity contribution in [2.45, 2.75) is 23.6 Å². The van der Waals surface area contributed by atoms with E-state index in [0.29, 0.717) is 27.3 Å².